The lowest BCUT2D eigenvalue weighted by atomic mass is 9.96. The fourth-order valence-electron chi connectivity index (χ4n) is 2.32. The van der Waals surface area contributed by atoms with Gasteiger partial charge in [0.1, 0.15) is 5.82 Å². The van der Waals surface area contributed by atoms with Crippen molar-refractivity contribution in [1.29, 1.82) is 0 Å². The van der Waals surface area contributed by atoms with Crippen LogP contribution in [0.15, 0.2) is 16.7 Å². The lowest BCUT2D eigenvalue weighted by Crippen LogP contribution is -2.40. The van der Waals surface area contributed by atoms with Gasteiger partial charge >= 0.3 is 0 Å². The van der Waals surface area contributed by atoms with Crippen LogP contribution in [-0.2, 0) is 4.79 Å². The van der Waals surface area contributed by atoms with Crippen LogP contribution in [0.5, 0.6) is 0 Å². The number of nitrogens with zero attached hydrogens (tertiary/aromatic N) is 2. The summed E-state index contributed by atoms with van der Waals surface area (Å²) >= 11 is 3.56. The Morgan fingerprint density at radius 3 is 2.72 bits per heavy atom. The van der Waals surface area contributed by atoms with E-state index in [0.29, 0.717) is 0 Å². The van der Waals surface area contributed by atoms with Gasteiger partial charge in [-0.15, -0.1) is 0 Å². The van der Waals surface area contributed by atoms with E-state index < -0.39 is 0 Å². The van der Waals surface area contributed by atoms with Crippen LogP contribution < -0.4 is 10.2 Å². The molecule has 0 bridgehead atoms. The van der Waals surface area contributed by atoms with Crippen molar-refractivity contribution in [3.63, 3.8) is 0 Å². The molecule has 1 fully saturated rings. The number of aromatic nitrogens is 1. The minimum absolute atomic E-state index is 0.149. The maximum Gasteiger partial charge on any atom is 0.222 e. The van der Waals surface area contributed by atoms with Crippen molar-refractivity contribution in [3.05, 3.63) is 22.3 Å². The number of halogens is 1. The standard InChI is InChI=1S/C13H18BrN3O/c1-9-7-11(14)12(16-8-9)17-5-3-10(4-6-17)13(18)15-2/h7-8,10H,3-6H2,1-2H3,(H,15,18). The van der Waals surface area contributed by atoms with E-state index in [1.54, 1.807) is 7.05 Å². The zero-order valence-corrected chi connectivity index (χ0v) is 12.3. The third-order valence-electron chi connectivity index (χ3n) is 3.37. The zero-order chi connectivity index (χ0) is 13.1. The highest BCUT2D eigenvalue weighted by atomic mass is 79.9. The number of nitrogens with one attached hydrogen (secondary N) is 1. The third-order valence-corrected chi connectivity index (χ3v) is 3.95. The molecule has 0 aromatic carbocycles. The molecule has 18 heavy (non-hydrogen) atoms. The summed E-state index contributed by atoms with van der Waals surface area (Å²) in [5.74, 6) is 1.29. The number of amides is 1. The molecule has 1 amide bonds. The molecule has 1 N–H and O–H groups in total. The molecule has 0 radical (unpaired) electrons. The van der Waals surface area contributed by atoms with E-state index in [-0.39, 0.29) is 11.8 Å². The topological polar surface area (TPSA) is 45.2 Å². The van der Waals surface area contributed by atoms with Crippen molar-refractivity contribution >= 4 is 27.7 Å². The van der Waals surface area contributed by atoms with Crippen LogP contribution in [-0.4, -0.2) is 31.0 Å². The van der Waals surface area contributed by atoms with Gasteiger partial charge in [0.15, 0.2) is 0 Å². The Bertz CT molecular complexity index is 442. The second kappa shape index (κ2) is 5.69. The molecule has 0 atom stereocenters. The number of pyridine rings is 1. The summed E-state index contributed by atoms with van der Waals surface area (Å²) < 4.78 is 1.03. The van der Waals surface area contributed by atoms with Crippen LogP contribution in [0.3, 0.4) is 0 Å². The molecular formula is C13H18BrN3O. The maximum atomic E-state index is 11.6. The molecule has 5 heteroatoms. The van der Waals surface area contributed by atoms with Crippen LogP contribution in [0.1, 0.15) is 18.4 Å². The fourth-order valence-corrected chi connectivity index (χ4v) is 3.03. The first-order valence-electron chi connectivity index (χ1n) is 6.20. The summed E-state index contributed by atoms with van der Waals surface area (Å²) in [6, 6.07) is 2.08. The summed E-state index contributed by atoms with van der Waals surface area (Å²) in [7, 11) is 1.70. The molecule has 1 aromatic heterocycles. The van der Waals surface area contributed by atoms with Crippen LogP contribution in [0.4, 0.5) is 5.82 Å². The van der Waals surface area contributed by atoms with E-state index in [4.69, 9.17) is 0 Å². The summed E-state index contributed by atoms with van der Waals surface area (Å²) in [6.07, 6.45) is 3.66. The highest BCUT2D eigenvalue weighted by Gasteiger charge is 2.25. The third kappa shape index (κ3) is 2.83. The minimum atomic E-state index is 0.149. The van der Waals surface area contributed by atoms with Crippen molar-refractivity contribution in [1.82, 2.24) is 10.3 Å². The number of hydrogen-bond acceptors (Lipinski definition) is 3. The molecule has 1 aliphatic heterocycles. The number of aryl methyl sites for hydroxylation is 1. The van der Waals surface area contributed by atoms with Gasteiger partial charge < -0.3 is 10.2 Å². The van der Waals surface area contributed by atoms with Crippen LogP contribution in [0, 0.1) is 12.8 Å². The van der Waals surface area contributed by atoms with E-state index in [1.807, 2.05) is 13.1 Å². The second-order valence-electron chi connectivity index (χ2n) is 4.69. The summed E-state index contributed by atoms with van der Waals surface area (Å²) in [4.78, 5) is 18.3. The molecule has 0 unspecified atom stereocenters. The SMILES string of the molecule is CNC(=O)C1CCN(c2ncc(C)cc2Br)CC1. The maximum absolute atomic E-state index is 11.6. The minimum Gasteiger partial charge on any atom is -0.359 e. The monoisotopic (exact) mass is 311 g/mol. The molecule has 1 aromatic rings. The average Bonchev–Trinajstić information content (AvgIpc) is 2.38. The van der Waals surface area contributed by atoms with E-state index in [1.165, 1.54) is 0 Å². The molecule has 1 aliphatic rings. The van der Waals surface area contributed by atoms with Gasteiger partial charge in [-0.2, -0.15) is 0 Å². The molecule has 1 saturated heterocycles. The average molecular weight is 312 g/mol. The Labute approximate surface area is 116 Å². The van der Waals surface area contributed by atoms with Crippen molar-refractivity contribution in [2.24, 2.45) is 5.92 Å². The normalized spacial score (nSPS) is 16.7. The second-order valence-corrected chi connectivity index (χ2v) is 5.55. The van der Waals surface area contributed by atoms with E-state index in [2.05, 4.69) is 37.2 Å². The number of carbonyl (C=O) groups excluding carboxylic acids is 1. The Balaban J connectivity index is 2.03. The highest BCUT2D eigenvalue weighted by Crippen LogP contribution is 2.28. The van der Waals surface area contributed by atoms with Gasteiger partial charge in [0.05, 0.1) is 4.47 Å². The van der Waals surface area contributed by atoms with Gasteiger partial charge in [-0.25, -0.2) is 4.98 Å². The highest BCUT2D eigenvalue weighted by molar-refractivity contribution is 9.10. The van der Waals surface area contributed by atoms with E-state index in [9.17, 15) is 4.79 Å². The molecule has 2 heterocycles. The van der Waals surface area contributed by atoms with Crippen LogP contribution in [0.2, 0.25) is 0 Å². The van der Waals surface area contributed by atoms with Gasteiger partial charge in [0.2, 0.25) is 5.91 Å². The van der Waals surface area contributed by atoms with Gasteiger partial charge in [-0.3, -0.25) is 4.79 Å². The van der Waals surface area contributed by atoms with Gasteiger partial charge in [0, 0.05) is 32.3 Å². The largest absolute Gasteiger partial charge is 0.359 e. The smallest absolute Gasteiger partial charge is 0.222 e. The number of anilines is 1. The molecular weight excluding hydrogens is 294 g/mol. The van der Waals surface area contributed by atoms with Crippen molar-refractivity contribution in [3.8, 4) is 0 Å². The predicted molar refractivity (Wildman–Crippen MR) is 75.7 cm³/mol. The zero-order valence-electron chi connectivity index (χ0n) is 10.7. The van der Waals surface area contributed by atoms with Crippen molar-refractivity contribution in [2.45, 2.75) is 19.8 Å². The molecule has 4 nitrogen and oxygen atoms in total. The number of piperidine rings is 1. The Hall–Kier alpha value is -1.10. The summed E-state index contributed by atoms with van der Waals surface area (Å²) in [5, 5.41) is 2.73. The van der Waals surface area contributed by atoms with E-state index >= 15 is 0 Å². The van der Waals surface area contributed by atoms with Gasteiger partial charge in [0.25, 0.3) is 0 Å². The molecule has 0 aliphatic carbocycles. The predicted octanol–water partition coefficient (Wildman–Crippen LogP) is 2.11. The quantitative estimate of drug-likeness (QED) is 0.910. The first-order valence-corrected chi connectivity index (χ1v) is 7.00. The Kier molecular flexibility index (Phi) is 4.22. The number of rotatable bonds is 2. The Morgan fingerprint density at radius 2 is 2.17 bits per heavy atom. The lowest BCUT2D eigenvalue weighted by molar-refractivity contribution is -0.125. The van der Waals surface area contributed by atoms with Crippen LogP contribution >= 0.6 is 15.9 Å². The molecule has 0 spiro atoms. The number of hydrogen-bond donors (Lipinski definition) is 1. The van der Waals surface area contributed by atoms with Crippen molar-refractivity contribution < 1.29 is 4.79 Å². The lowest BCUT2D eigenvalue weighted by Gasteiger charge is -2.32. The van der Waals surface area contributed by atoms with Gasteiger partial charge in [-0.05, 0) is 47.3 Å². The van der Waals surface area contributed by atoms with Gasteiger partial charge in [-0.1, -0.05) is 0 Å². The fraction of sp³-hybridized carbons (Fsp3) is 0.538. The summed E-state index contributed by atoms with van der Waals surface area (Å²) in [5.41, 5.74) is 1.14. The molecule has 2 rings (SSSR count). The first kappa shape index (κ1) is 13.3. The van der Waals surface area contributed by atoms with E-state index in [0.717, 1.165) is 41.8 Å². The van der Waals surface area contributed by atoms with Crippen molar-refractivity contribution in [2.75, 3.05) is 25.0 Å². The molecule has 0 saturated carbocycles. The molecule has 98 valence electrons. The number of carbonyl (C=O) groups is 1. The van der Waals surface area contributed by atoms with Crippen LogP contribution in [0.25, 0.3) is 0 Å². The first-order chi connectivity index (χ1) is 8.61. The summed E-state index contributed by atoms with van der Waals surface area (Å²) in [6.45, 7) is 3.79. The Morgan fingerprint density at radius 1 is 1.50 bits per heavy atom.